The molecule has 2 atom stereocenters. The molecule has 2 aromatic heterocycles. The number of carboxylic acids is 2. The maximum atomic E-state index is 11.5. The van der Waals surface area contributed by atoms with Crippen LogP contribution in [-0.4, -0.2) is 60.6 Å². The molecule has 0 aliphatic heterocycles. The quantitative estimate of drug-likeness (QED) is 0.110. The number of hydrogen-bond donors (Lipinski definition) is 2. The zero-order valence-electron chi connectivity index (χ0n) is 31.2. The van der Waals surface area contributed by atoms with E-state index in [1.807, 2.05) is 86.6 Å². The predicted molar refractivity (Wildman–Crippen MR) is 217 cm³/mol. The highest BCUT2D eigenvalue weighted by atomic mass is 35.5. The molecule has 286 valence electrons. The normalized spacial score (nSPS) is 11.8. The van der Waals surface area contributed by atoms with E-state index in [1.54, 1.807) is 46.9 Å². The SMILES string of the molecule is COc1cccc(OC)c1-c1cc(Cl)cc(C(CC(=O)O)c2ncc(C)s2)c1.COc1cccc(OC)c1-c1cccc(C(CC(=O)O)c2ncc(C)s2)c1. The molecule has 10 nitrogen and oxygen atoms in total. The molecular weight excluding hydrogens is 760 g/mol. The summed E-state index contributed by atoms with van der Waals surface area (Å²) < 4.78 is 22.0. The topological polar surface area (TPSA) is 137 Å². The van der Waals surface area contributed by atoms with Crippen LogP contribution < -0.4 is 18.9 Å². The Kier molecular flexibility index (Phi) is 13.9. The van der Waals surface area contributed by atoms with Gasteiger partial charge in [-0.25, -0.2) is 9.97 Å². The average Bonchev–Trinajstić information content (AvgIpc) is 3.82. The Labute approximate surface area is 332 Å². The maximum absolute atomic E-state index is 11.5. The molecule has 0 saturated carbocycles. The van der Waals surface area contributed by atoms with Crippen molar-refractivity contribution in [2.75, 3.05) is 28.4 Å². The van der Waals surface area contributed by atoms with Crippen LogP contribution in [0.1, 0.15) is 55.6 Å². The van der Waals surface area contributed by atoms with Crippen LogP contribution in [0.2, 0.25) is 5.02 Å². The summed E-state index contributed by atoms with van der Waals surface area (Å²) in [7, 11) is 6.42. The van der Waals surface area contributed by atoms with Crippen LogP contribution >= 0.6 is 34.3 Å². The van der Waals surface area contributed by atoms with Crippen molar-refractivity contribution < 1.29 is 38.7 Å². The van der Waals surface area contributed by atoms with E-state index >= 15 is 0 Å². The fraction of sp³-hybridized carbons (Fsp3) is 0.238. The summed E-state index contributed by atoms with van der Waals surface area (Å²) >= 11 is 9.43. The second-order valence-corrected chi connectivity index (χ2v) is 15.4. The highest BCUT2D eigenvalue weighted by Gasteiger charge is 2.25. The van der Waals surface area contributed by atoms with Crippen molar-refractivity contribution in [3.63, 3.8) is 0 Å². The Morgan fingerprint density at radius 1 is 0.618 bits per heavy atom. The summed E-state index contributed by atoms with van der Waals surface area (Å²) in [5.41, 5.74) is 4.99. The predicted octanol–water partition coefficient (Wildman–Crippen LogP) is 10.1. The lowest BCUT2D eigenvalue weighted by Crippen LogP contribution is -2.08. The molecule has 0 radical (unpaired) electrons. The van der Waals surface area contributed by atoms with Gasteiger partial charge in [0.05, 0.1) is 52.4 Å². The summed E-state index contributed by atoms with van der Waals surface area (Å²) in [6.45, 7) is 3.91. The Morgan fingerprint density at radius 3 is 1.45 bits per heavy atom. The van der Waals surface area contributed by atoms with Crippen molar-refractivity contribution in [1.29, 1.82) is 0 Å². The van der Waals surface area contributed by atoms with Gasteiger partial charge < -0.3 is 29.2 Å². The highest BCUT2D eigenvalue weighted by molar-refractivity contribution is 7.11. The molecule has 55 heavy (non-hydrogen) atoms. The van der Waals surface area contributed by atoms with Gasteiger partial charge in [-0.3, -0.25) is 9.59 Å². The molecule has 0 fully saturated rings. The van der Waals surface area contributed by atoms with E-state index in [1.165, 1.54) is 22.7 Å². The molecule has 6 rings (SSSR count). The summed E-state index contributed by atoms with van der Waals surface area (Å²) in [4.78, 5) is 33.9. The van der Waals surface area contributed by atoms with Crippen LogP contribution in [0.25, 0.3) is 22.3 Å². The van der Waals surface area contributed by atoms with Gasteiger partial charge >= 0.3 is 11.9 Å². The molecule has 0 aliphatic rings. The van der Waals surface area contributed by atoms with Crippen molar-refractivity contribution in [2.24, 2.45) is 0 Å². The Hall–Kier alpha value is -5.43. The molecule has 13 heteroatoms. The van der Waals surface area contributed by atoms with E-state index in [2.05, 4.69) is 9.97 Å². The lowest BCUT2D eigenvalue weighted by atomic mass is 9.92. The standard InChI is InChI=1S/C21H20ClNO4S.C21H21NO4S/c1-12-11-23-21(28-12)16(10-19(24)25)13-7-14(9-15(22)8-13)20-17(26-2)5-4-6-18(20)27-3;1-13-12-22-21(27-13)16(11-19(23)24)14-6-4-7-15(10-14)20-17(25-2)8-5-9-18(20)26-3/h4-9,11,16H,10H2,1-3H3,(H,24,25);4-10,12,16H,11H2,1-3H3,(H,23,24). The summed E-state index contributed by atoms with van der Waals surface area (Å²) in [5.74, 6) is 0.247. The van der Waals surface area contributed by atoms with Crippen LogP contribution in [0.5, 0.6) is 23.0 Å². The second-order valence-electron chi connectivity index (χ2n) is 12.4. The number of hydrogen-bond acceptors (Lipinski definition) is 10. The van der Waals surface area contributed by atoms with Gasteiger partial charge in [0.1, 0.15) is 33.0 Å². The molecule has 0 spiro atoms. The fourth-order valence-corrected chi connectivity index (χ4v) is 8.30. The molecule has 6 aromatic rings. The van der Waals surface area contributed by atoms with Crippen molar-refractivity contribution in [1.82, 2.24) is 9.97 Å². The van der Waals surface area contributed by atoms with Crippen LogP contribution in [0, 0.1) is 13.8 Å². The Bertz CT molecular complexity index is 2230. The number of benzene rings is 4. The van der Waals surface area contributed by atoms with Crippen molar-refractivity contribution in [3.05, 3.63) is 127 Å². The monoisotopic (exact) mass is 800 g/mol. The molecule has 0 saturated heterocycles. The number of thiazole rings is 2. The molecule has 2 heterocycles. The largest absolute Gasteiger partial charge is 0.496 e. The smallest absolute Gasteiger partial charge is 0.304 e. The average molecular weight is 801 g/mol. The lowest BCUT2D eigenvalue weighted by Gasteiger charge is -2.17. The third-order valence-electron chi connectivity index (χ3n) is 8.68. The molecule has 4 aromatic carbocycles. The number of ether oxygens (including phenoxy) is 4. The van der Waals surface area contributed by atoms with Crippen molar-refractivity contribution >= 4 is 46.2 Å². The van der Waals surface area contributed by atoms with Crippen molar-refractivity contribution in [3.8, 4) is 45.3 Å². The van der Waals surface area contributed by atoms with E-state index in [0.717, 1.165) is 53.2 Å². The zero-order valence-corrected chi connectivity index (χ0v) is 33.6. The summed E-state index contributed by atoms with van der Waals surface area (Å²) in [6, 6.07) is 24.5. The number of methoxy groups -OCH3 is 4. The van der Waals surface area contributed by atoms with E-state index in [0.29, 0.717) is 28.0 Å². The van der Waals surface area contributed by atoms with E-state index in [4.69, 9.17) is 30.5 Å². The van der Waals surface area contributed by atoms with Gasteiger partial charge in [-0.05, 0) is 72.5 Å². The van der Waals surface area contributed by atoms with Crippen LogP contribution in [0.4, 0.5) is 0 Å². The first-order valence-electron chi connectivity index (χ1n) is 17.1. The zero-order chi connectivity index (χ0) is 39.6. The second kappa shape index (κ2) is 18.7. The van der Waals surface area contributed by atoms with Crippen LogP contribution in [-0.2, 0) is 9.59 Å². The number of aromatic nitrogens is 2. The number of aryl methyl sites for hydroxylation is 2. The molecular formula is C42H41ClN2O8S2. The molecule has 2 unspecified atom stereocenters. The molecule has 0 aliphatic carbocycles. The molecule has 0 bridgehead atoms. The minimum absolute atomic E-state index is 0.0144. The Balaban J connectivity index is 0.000000211. The number of rotatable bonds is 14. The first-order chi connectivity index (χ1) is 26.5. The molecule has 0 amide bonds. The van der Waals surface area contributed by atoms with Gasteiger partial charge in [0.2, 0.25) is 0 Å². The fourth-order valence-electron chi connectivity index (χ4n) is 6.25. The number of carboxylic acid groups (broad SMARTS) is 2. The van der Waals surface area contributed by atoms with Gasteiger partial charge in [-0.1, -0.05) is 54.1 Å². The number of carbonyl (C=O) groups is 2. The van der Waals surface area contributed by atoms with Gasteiger partial charge in [0.15, 0.2) is 0 Å². The number of aliphatic carboxylic acids is 2. The van der Waals surface area contributed by atoms with Crippen LogP contribution in [0.3, 0.4) is 0 Å². The van der Waals surface area contributed by atoms with Crippen LogP contribution in [0.15, 0.2) is 91.3 Å². The van der Waals surface area contributed by atoms with Gasteiger partial charge in [-0.2, -0.15) is 0 Å². The third-order valence-corrected chi connectivity index (χ3v) is 10.9. The highest BCUT2D eigenvalue weighted by Crippen LogP contribution is 2.43. The Morgan fingerprint density at radius 2 is 1.04 bits per heavy atom. The van der Waals surface area contributed by atoms with E-state index in [9.17, 15) is 19.8 Å². The number of halogens is 1. The van der Waals surface area contributed by atoms with Gasteiger partial charge in [0.25, 0.3) is 0 Å². The first-order valence-corrected chi connectivity index (χ1v) is 19.1. The van der Waals surface area contributed by atoms with E-state index < -0.39 is 17.9 Å². The molecule has 2 N–H and O–H groups in total. The van der Waals surface area contributed by atoms with Gasteiger partial charge in [0, 0.05) is 39.0 Å². The third kappa shape index (κ3) is 10.0. The first kappa shape index (κ1) is 40.7. The van der Waals surface area contributed by atoms with Gasteiger partial charge in [-0.15, -0.1) is 22.7 Å². The minimum atomic E-state index is -0.894. The van der Waals surface area contributed by atoms with E-state index in [-0.39, 0.29) is 18.8 Å². The summed E-state index contributed by atoms with van der Waals surface area (Å²) in [6.07, 6.45) is 3.45. The summed E-state index contributed by atoms with van der Waals surface area (Å²) in [5, 5.41) is 20.9. The lowest BCUT2D eigenvalue weighted by molar-refractivity contribution is -0.138. The van der Waals surface area contributed by atoms with Crippen molar-refractivity contribution in [2.45, 2.75) is 38.5 Å². The minimum Gasteiger partial charge on any atom is -0.496 e. The maximum Gasteiger partial charge on any atom is 0.304 e. The number of nitrogens with zero attached hydrogens (tertiary/aromatic N) is 2.